The van der Waals surface area contributed by atoms with Gasteiger partial charge in [0, 0.05) is 36.9 Å². The highest BCUT2D eigenvalue weighted by Gasteiger charge is 2.24. The first-order chi connectivity index (χ1) is 11.4. The Morgan fingerprint density at radius 1 is 0.708 bits per heavy atom. The molecule has 6 nitrogen and oxygen atoms in total. The van der Waals surface area contributed by atoms with Crippen molar-refractivity contribution in [2.45, 2.75) is 13.8 Å². The van der Waals surface area contributed by atoms with E-state index in [0.717, 1.165) is 32.1 Å². The van der Waals surface area contributed by atoms with Gasteiger partial charge in [-0.3, -0.25) is 19.2 Å². The number of hydrogen-bond donors (Lipinski definition) is 0. The molecule has 2 aliphatic rings. The molecule has 0 spiro atoms. The van der Waals surface area contributed by atoms with E-state index >= 15 is 0 Å². The molecular formula is C14H14N2O4S4. The lowest BCUT2D eigenvalue weighted by Crippen LogP contribution is -2.61. The molecule has 0 bridgehead atoms. The summed E-state index contributed by atoms with van der Waals surface area (Å²) in [6, 6.07) is 0. The summed E-state index contributed by atoms with van der Waals surface area (Å²) in [5.74, 6) is 2.18. The molecule has 3 heterocycles. The molecule has 1 aromatic heterocycles. The van der Waals surface area contributed by atoms with Gasteiger partial charge in [-0.25, -0.2) is 9.13 Å². The summed E-state index contributed by atoms with van der Waals surface area (Å²) in [5, 5.41) is 0.0418. The third-order valence-corrected chi connectivity index (χ3v) is 8.76. The molecule has 10 heteroatoms. The Balaban J connectivity index is 2.62. The molecule has 0 saturated carbocycles. The van der Waals surface area contributed by atoms with Gasteiger partial charge in [-0.1, -0.05) is 0 Å². The van der Waals surface area contributed by atoms with Gasteiger partial charge in [-0.15, -0.1) is 47.0 Å². The second-order valence-electron chi connectivity index (χ2n) is 4.99. The first-order valence-electron chi connectivity index (χ1n) is 7.13. The van der Waals surface area contributed by atoms with E-state index in [1.165, 1.54) is 60.9 Å². The predicted molar refractivity (Wildman–Crippen MR) is 103 cm³/mol. The summed E-state index contributed by atoms with van der Waals surface area (Å²) in [7, 11) is 0. The van der Waals surface area contributed by atoms with E-state index in [-0.39, 0.29) is 10.7 Å². The SMILES string of the molecule is CC(=O)n1c(=O)c(=C2SCCS2)n(C(C)=O)c(=O)c1=C1SCCS1. The van der Waals surface area contributed by atoms with Crippen LogP contribution in [0.2, 0.25) is 0 Å². The van der Waals surface area contributed by atoms with Crippen molar-refractivity contribution in [2.24, 2.45) is 0 Å². The third kappa shape index (κ3) is 3.04. The van der Waals surface area contributed by atoms with Gasteiger partial charge in [-0.05, 0) is 0 Å². The van der Waals surface area contributed by atoms with E-state index < -0.39 is 22.9 Å². The molecule has 0 N–H and O–H groups in total. The van der Waals surface area contributed by atoms with Crippen LogP contribution in [-0.4, -0.2) is 44.0 Å². The lowest BCUT2D eigenvalue weighted by Gasteiger charge is -2.10. The monoisotopic (exact) mass is 402 g/mol. The van der Waals surface area contributed by atoms with E-state index in [4.69, 9.17) is 0 Å². The van der Waals surface area contributed by atoms with E-state index in [9.17, 15) is 19.2 Å². The number of nitrogens with zero attached hydrogens (tertiary/aromatic N) is 2. The van der Waals surface area contributed by atoms with Crippen LogP contribution in [0.25, 0.3) is 8.47 Å². The number of rotatable bonds is 0. The second kappa shape index (κ2) is 7.19. The Morgan fingerprint density at radius 3 is 1.25 bits per heavy atom. The van der Waals surface area contributed by atoms with Crippen LogP contribution >= 0.6 is 47.0 Å². The lowest BCUT2D eigenvalue weighted by molar-refractivity contribution is 0.0901. The van der Waals surface area contributed by atoms with Gasteiger partial charge in [0.15, 0.2) is 0 Å². The van der Waals surface area contributed by atoms with Gasteiger partial charge in [0.25, 0.3) is 11.1 Å². The van der Waals surface area contributed by atoms with Gasteiger partial charge < -0.3 is 0 Å². The number of hydrogen-bond acceptors (Lipinski definition) is 8. The van der Waals surface area contributed by atoms with Crippen LogP contribution in [0, 0.1) is 0 Å². The van der Waals surface area contributed by atoms with Gasteiger partial charge in [-0.2, -0.15) is 0 Å². The molecule has 2 saturated heterocycles. The Hall–Kier alpha value is -0.840. The molecule has 2 aliphatic heterocycles. The van der Waals surface area contributed by atoms with E-state index in [0.29, 0.717) is 8.47 Å². The smallest absolute Gasteiger partial charge is 0.274 e. The van der Waals surface area contributed by atoms with Crippen molar-refractivity contribution in [3.05, 3.63) is 31.4 Å². The highest BCUT2D eigenvalue weighted by molar-refractivity contribution is 8.33. The molecule has 0 aromatic carbocycles. The quantitative estimate of drug-likeness (QED) is 0.618. The van der Waals surface area contributed by atoms with Crippen LogP contribution in [0.15, 0.2) is 9.59 Å². The normalized spacial score (nSPS) is 17.6. The van der Waals surface area contributed by atoms with Crippen LogP contribution < -0.4 is 21.8 Å². The Labute approximate surface area is 154 Å². The average Bonchev–Trinajstić information content (AvgIpc) is 3.20. The number of thioether (sulfide) groups is 4. The summed E-state index contributed by atoms with van der Waals surface area (Å²) in [6.07, 6.45) is 0. The number of aromatic nitrogens is 2. The zero-order valence-corrected chi connectivity index (χ0v) is 16.3. The number of carbonyl (C=O) groups is 2. The minimum Gasteiger partial charge on any atom is -0.274 e. The number of carbonyl (C=O) groups excluding carboxylic acids is 2. The van der Waals surface area contributed by atoms with Crippen molar-refractivity contribution in [1.29, 1.82) is 0 Å². The van der Waals surface area contributed by atoms with Gasteiger partial charge >= 0.3 is 0 Å². The molecule has 0 atom stereocenters. The fourth-order valence-electron chi connectivity index (χ4n) is 2.46. The first-order valence-corrected chi connectivity index (χ1v) is 11.1. The van der Waals surface area contributed by atoms with Crippen LogP contribution in [0.1, 0.15) is 23.4 Å². The maximum atomic E-state index is 13.0. The lowest BCUT2D eigenvalue weighted by atomic mass is 10.4. The zero-order chi connectivity index (χ0) is 17.4. The molecule has 2 fully saturated rings. The molecule has 24 heavy (non-hydrogen) atoms. The maximum Gasteiger partial charge on any atom is 0.284 e. The molecule has 128 valence electrons. The van der Waals surface area contributed by atoms with Gasteiger partial charge in [0.05, 0.1) is 8.47 Å². The van der Waals surface area contributed by atoms with Crippen LogP contribution in [-0.2, 0) is 0 Å². The molecule has 0 amide bonds. The highest BCUT2D eigenvalue weighted by Crippen LogP contribution is 2.36. The van der Waals surface area contributed by atoms with Crippen molar-refractivity contribution < 1.29 is 9.59 Å². The van der Waals surface area contributed by atoms with Gasteiger partial charge in [0.1, 0.15) is 10.7 Å². The van der Waals surface area contributed by atoms with E-state index in [2.05, 4.69) is 0 Å². The molecule has 0 aliphatic carbocycles. The minimum absolute atomic E-state index is 0.0209. The predicted octanol–water partition coefficient (Wildman–Crippen LogP) is 0.422. The second-order valence-corrected chi connectivity index (χ2v) is 9.92. The zero-order valence-electron chi connectivity index (χ0n) is 13.0. The fraction of sp³-hybridized carbons (Fsp3) is 0.429. The van der Waals surface area contributed by atoms with Crippen molar-refractivity contribution >= 4 is 67.3 Å². The molecular weight excluding hydrogens is 388 g/mol. The Kier molecular flexibility index (Phi) is 5.38. The summed E-state index contributed by atoms with van der Waals surface area (Å²) < 4.78 is 3.13. The summed E-state index contributed by atoms with van der Waals surface area (Å²) in [6.45, 7) is 2.52. The Morgan fingerprint density at radius 2 is 1.00 bits per heavy atom. The first kappa shape index (κ1) is 18.0. The molecule has 1 aromatic rings. The highest BCUT2D eigenvalue weighted by atomic mass is 32.2. The third-order valence-electron chi connectivity index (χ3n) is 3.37. The van der Waals surface area contributed by atoms with E-state index in [1.807, 2.05) is 0 Å². The van der Waals surface area contributed by atoms with Crippen LogP contribution in [0.5, 0.6) is 0 Å². The maximum absolute atomic E-state index is 13.0. The minimum atomic E-state index is -0.593. The van der Waals surface area contributed by atoms with Crippen molar-refractivity contribution in [2.75, 3.05) is 23.0 Å². The van der Waals surface area contributed by atoms with E-state index in [1.54, 1.807) is 0 Å². The summed E-state index contributed by atoms with van der Waals surface area (Å²) in [5.41, 5.74) is -1.19. The topological polar surface area (TPSA) is 78.1 Å². The average molecular weight is 403 g/mol. The van der Waals surface area contributed by atoms with Crippen molar-refractivity contribution in [1.82, 2.24) is 9.13 Å². The largest absolute Gasteiger partial charge is 0.284 e. The fourth-order valence-corrected chi connectivity index (χ4v) is 7.46. The van der Waals surface area contributed by atoms with Crippen molar-refractivity contribution in [3.8, 4) is 0 Å². The molecule has 0 radical (unpaired) electrons. The van der Waals surface area contributed by atoms with Gasteiger partial charge in [0.2, 0.25) is 11.8 Å². The van der Waals surface area contributed by atoms with Crippen LogP contribution in [0.3, 0.4) is 0 Å². The Bertz CT molecular complexity index is 880. The van der Waals surface area contributed by atoms with Crippen molar-refractivity contribution in [3.63, 3.8) is 0 Å². The summed E-state index contributed by atoms with van der Waals surface area (Å²) >= 11 is 5.74. The molecule has 0 unspecified atom stereocenters. The standard InChI is InChI=1S/C14H14N2O4S4/c1-7(17)15-9(13-21-3-4-22-13)12(20)16(8(2)18)10(11(15)19)14-23-5-6-24-14/h3-6H2,1-2H3. The summed E-state index contributed by atoms with van der Waals surface area (Å²) in [4.78, 5) is 50.2. The molecule has 3 rings (SSSR count). The van der Waals surface area contributed by atoms with Crippen LogP contribution in [0.4, 0.5) is 0 Å².